The summed E-state index contributed by atoms with van der Waals surface area (Å²) in [4.78, 5) is 2.59. The summed E-state index contributed by atoms with van der Waals surface area (Å²) < 4.78 is 6.59. The van der Waals surface area contributed by atoms with E-state index in [2.05, 4.69) is 72.5 Å². The van der Waals surface area contributed by atoms with Gasteiger partial charge in [-0.2, -0.15) is 0 Å². The van der Waals surface area contributed by atoms with Crippen LogP contribution in [0.1, 0.15) is 49.8 Å². The third kappa shape index (κ3) is 4.68. The lowest BCUT2D eigenvalue weighted by molar-refractivity contribution is -0.0270. The van der Waals surface area contributed by atoms with Crippen molar-refractivity contribution in [3.05, 3.63) is 71.8 Å². The van der Waals surface area contributed by atoms with Crippen molar-refractivity contribution in [3.63, 3.8) is 0 Å². The van der Waals surface area contributed by atoms with Crippen LogP contribution >= 0.6 is 0 Å². The van der Waals surface area contributed by atoms with E-state index in [1.807, 2.05) is 0 Å². The molecule has 0 saturated carbocycles. The summed E-state index contributed by atoms with van der Waals surface area (Å²) in [5.41, 5.74) is 2.49. The predicted molar refractivity (Wildman–Crippen MR) is 100 cm³/mol. The average Bonchev–Trinajstić information content (AvgIpc) is 2.67. The Hall–Kier alpha value is -1.64. The summed E-state index contributed by atoms with van der Waals surface area (Å²) in [6, 6.07) is 21.2. The van der Waals surface area contributed by atoms with E-state index < -0.39 is 0 Å². The second-order valence-electron chi connectivity index (χ2n) is 6.73. The molecule has 3 rings (SSSR count). The van der Waals surface area contributed by atoms with E-state index >= 15 is 0 Å². The second kappa shape index (κ2) is 9.00. The van der Waals surface area contributed by atoms with Crippen LogP contribution in [-0.4, -0.2) is 30.6 Å². The summed E-state index contributed by atoms with van der Waals surface area (Å²) in [6.07, 6.45) is 5.26. The van der Waals surface area contributed by atoms with Crippen molar-refractivity contribution in [2.75, 3.05) is 19.6 Å². The van der Waals surface area contributed by atoms with Gasteiger partial charge in [-0.1, -0.05) is 74.0 Å². The standard InChI is InChI=1S/C22H29NO/c1-2-3-16-23-17-14-21(15-18-23)24-22(19-10-6-4-7-11-19)20-12-8-5-9-13-20/h4-13,21-22H,2-3,14-18H2,1H3. The zero-order chi connectivity index (χ0) is 16.6. The fraction of sp³-hybridized carbons (Fsp3) is 0.455. The maximum absolute atomic E-state index is 6.59. The van der Waals surface area contributed by atoms with Crippen LogP contribution in [0.2, 0.25) is 0 Å². The Morgan fingerprint density at radius 3 is 1.96 bits per heavy atom. The zero-order valence-corrected chi connectivity index (χ0v) is 14.7. The van der Waals surface area contributed by atoms with Gasteiger partial charge in [0.15, 0.2) is 0 Å². The minimum atomic E-state index is 0.0413. The number of piperidine rings is 1. The van der Waals surface area contributed by atoms with Gasteiger partial charge in [-0.25, -0.2) is 0 Å². The Morgan fingerprint density at radius 2 is 1.46 bits per heavy atom. The molecule has 0 aliphatic carbocycles. The Balaban J connectivity index is 1.65. The van der Waals surface area contributed by atoms with Crippen LogP contribution in [0.15, 0.2) is 60.7 Å². The fourth-order valence-electron chi connectivity index (χ4n) is 3.45. The maximum Gasteiger partial charge on any atom is 0.108 e. The number of likely N-dealkylation sites (tertiary alicyclic amines) is 1. The minimum absolute atomic E-state index is 0.0413. The monoisotopic (exact) mass is 323 g/mol. The Morgan fingerprint density at radius 1 is 0.917 bits per heavy atom. The molecule has 0 aromatic heterocycles. The summed E-state index contributed by atoms with van der Waals surface area (Å²) >= 11 is 0. The summed E-state index contributed by atoms with van der Waals surface area (Å²) in [5, 5.41) is 0. The van der Waals surface area contributed by atoms with Gasteiger partial charge < -0.3 is 9.64 Å². The first-order valence-electron chi connectivity index (χ1n) is 9.34. The molecule has 0 unspecified atom stereocenters. The van der Waals surface area contributed by atoms with Gasteiger partial charge in [0.1, 0.15) is 6.10 Å². The maximum atomic E-state index is 6.59. The largest absolute Gasteiger partial charge is 0.365 e. The van der Waals surface area contributed by atoms with Crippen molar-refractivity contribution >= 4 is 0 Å². The summed E-state index contributed by atoms with van der Waals surface area (Å²) in [6.45, 7) is 5.84. The lowest BCUT2D eigenvalue weighted by atomic mass is 10.00. The van der Waals surface area contributed by atoms with Gasteiger partial charge in [-0.3, -0.25) is 0 Å². The molecule has 1 heterocycles. The molecule has 2 heteroatoms. The highest BCUT2D eigenvalue weighted by molar-refractivity contribution is 5.30. The predicted octanol–water partition coefficient (Wildman–Crippen LogP) is 5.06. The third-order valence-electron chi connectivity index (χ3n) is 4.90. The van der Waals surface area contributed by atoms with Crippen molar-refractivity contribution in [3.8, 4) is 0 Å². The number of rotatable bonds is 7. The van der Waals surface area contributed by atoms with Crippen molar-refractivity contribution in [1.82, 2.24) is 4.90 Å². The Kier molecular flexibility index (Phi) is 6.45. The molecule has 1 saturated heterocycles. The summed E-state index contributed by atoms with van der Waals surface area (Å²) in [5.74, 6) is 0. The first-order valence-corrected chi connectivity index (χ1v) is 9.34. The van der Waals surface area contributed by atoms with E-state index in [4.69, 9.17) is 4.74 Å². The molecule has 0 bridgehead atoms. The van der Waals surface area contributed by atoms with E-state index in [-0.39, 0.29) is 6.10 Å². The number of benzene rings is 2. The van der Waals surface area contributed by atoms with E-state index in [1.165, 1.54) is 43.6 Å². The van der Waals surface area contributed by atoms with Gasteiger partial charge in [-0.05, 0) is 36.9 Å². The molecule has 128 valence electrons. The van der Waals surface area contributed by atoms with Crippen LogP contribution in [0.3, 0.4) is 0 Å². The van der Waals surface area contributed by atoms with E-state index in [9.17, 15) is 0 Å². The molecule has 1 fully saturated rings. The lowest BCUT2D eigenvalue weighted by Crippen LogP contribution is -2.38. The number of ether oxygens (including phenoxy) is 1. The molecular formula is C22H29NO. The Labute approximate surface area is 146 Å². The molecule has 2 aromatic rings. The first-order chi connectivity index (χ1) is 11.9. The molecule has 0 spiro atoms. The number of hydrogen-bond acceptors (Lipinski definition) is 2. The smallest absolute Gasteiger partial charge is 0.108 e. The second-order valence-corrected chi connectivity index (χ2v) is 6.73. The zero-order valence-electron chi connectivity index (χ0n) is 14.7. The first kappa shape index (κ1) is 17.2. The van der Waals surface area contributed by atoms with Gasteiger partial charge in [0.05, 0.1) is 6.10 Å². The van der Waals surface area contributed by atoms with Crippen molar-refractivity contribution < 1.29 is 4.74 Å². The van der Waals surface area contributed by atoms with Gasteiger partial charge in [0.25, 0.3) is 0 Å². The van der Waals surface area contributed by atoms with E-state index in [0.29, 0.717) is 6.10 Å². The van der Waals surface area contributed by atoms with Gasteiger partial charge in [0.2, 0.25) is 0 Å². The van der Waals surface area contributed by atoms with Crippen molar-refractivity contribution in [2.24, 2.45) is 0 Å². The average molecular weight is 323 g/mol. The molecular weight excluding hydrogens is 294 g/mol. The van der Waals surface area contributed by atoms with Crippen LogP contribution in [0.4, 0.5) is 0 Å². The molecule has 24 heavy (non-hydrogen) atoms. The van der Waals surface area contributed by atoms with Crippen molar-refractivity contribution in [2.45, 2.75) is 44.8 Å². The number of hydrogen-bond donors (Lipinski definition) is 0. The molecule has 0 amide bonds. The van der Waals surface area contributed by atoms with Gasteiger partial charge in [0, 0.05) is 13.1 Å². The molecule has 0 atom stereocenters. The normalized spacial score (nSPS) is 16.6. The number of unbranched alkanes of at least 4 members (excludes halogenated alkanes) is 1. The van der Waals surface area contributed by atoms with E-state index in [0.717, 1.165) is 12.8 Å². The molecule has 1 aliphatic heterocycles. The number of nitrogens with zero attached hydrogens (tertiary/aromatic N) is 1. The lowest BCUT2D eigenvalue weighted by Gasteiger charge is -2.34. The highest BCUT2D eigenvalue weighted by Crippen LogP contribution is 2.29. The fourth-order valence-corrected chi connectivity index (χ4v) is 3.45. The SMILES string of the molecule is CCCCN1CCC(OC(c2ccccc2)c2ccccc2)CC1. The topological polar surface area (TPSA) is 12.5 Å². The highest BCUT2D eigenvalue weighted by atomic mass is 16.5. The molecule has 2 nitrogen and oxygen atoms in total. The summed E-state index contributed by atoms with van der Waals surface area (Å²) in [7, 11) is 0. The van der Waals surface area contributed by atoms with E-state index in [1.54, 1.807) is 0 Å². The molecule has 0 N–H and O–H groups in total. The quantitative estimate of drug-likeness (QED) is 0.706. The van der Waals surface area contributed by atoms with Crippen LogP contribution < -0.4 is 0 Å². The van der Waals surface area contributed by atoms with Crippen LogP contribution in [0.25, 0.3) is 0 Å². The molecule has 0 radical (unpaired) electrons. The van der Waals surface area contributed by atoms with Crippen LogP contribution in [-0.2, 0) is 4.74 Å². The van der Waals surface area contributed by atoms with Crippen LogP contribution in [0.5, 0.6) is 0 Å². The Bertz CT molecular complexity index is 536. The third-order valence-corrected chi connectivity index (χ3v) is 4.90. The molecule has 1 aliphatic rings. The van der Waals surface area contributed by atoms with Gasteiger partial charge >= 0.3 is 0 Å². The van der Waals surface area contributed by atoms with Crippen LogP contribution in [0, 0.1) is 0 Å². The van der Waals surface area contributed by atoms with Crippen molar-refractivity contribution in [1.29, 1.82) is 0 Å². The highest BCUT2D eigenvalue weighted by Gasteiger charge is 2.24. The molecule has 2 aromatic carbocycles. The van der Waals surface area contributed by atoms with Gasteiger partial charge in [-0.15, -0.1) is 0 Å². The minimum Gasteiger partial charge on any atom is -0.365 e.